The van der Waals surface area contributed by atoms with Crippen molar-refractivity contribution >= 4 is 11.9 Å². The standard InChI is InChI=1S/C10H10FN3O.C7H10.C3H6F2O.C2H6/c1-14-9(15)8(13-10(14)12)6-2-4-7(11)5-3-6;1-4-5-6-7(2)3;1-6-2-3(4)5;1-2/h2-5,8H,1H3,(H2,12,13);4-6H,1-2H2,3H3;3H,2H2,1H3;1-2H3/b;6-5-;;/t8-;;;/m1.../s1. The lowest BCUT2D eigenvalue weighted by Gasteiger charge is -2.09. The Bertz CT molecular complexity index is 702. The van der Waals surface area contributed by atoms with E-state index in [1.54, 1.807) is 13.1 Å². The maximum Gasteiger partial charge on any atom is 0.261 e. The average Bonchev–Trinajstić information content (AvgIpc) is 2.97. The molecule has 1 atom stereocenters. The van der Waals surface area contributed by atoms with E-state index in [1.165, 1.54) is 36.3 Å². The molecule has 0 saturated heterocycles. The van der Waals surface area contributed by atoms with Crippen LogP contribution in [0.25, 0.3) is 0 Å². The maximum atomic E-state index is 12.7. The normalized spacial score (nSPS) is 14.7. The van der Waals surface area contributed by atoms with Gasteiger partial charge in [-0.3, -0.25) is 9.69 Å². The van der Waals surface area contributed by atoms with Crippen LogP contribution in [0.4, 0.5) is 13.2 Å². The van der Waals surface area contributed by atoms with Gasteiger partial charge in [0, 0.05) is 14.2 Å². The van der Waals surface area contributed by atoms with E-state index in [1.807, 2.05) is 32.9 Å². The second-order valence-electron chi connectivity index (χ2n) is 5.63. The highest BCUT2D eigenvalue weighted by molar-refractivity contribution is 6.04. The first-order chi connectivity index (χ1) is 14.1. The third kappa shape index (κ3) is 12.6. The molecule has 1 heterocycles. The van der Waals surface area contributed by atoms with Gasteiger partial charge in [0.15, 0.2) is 12.0 Å². The van der Waals surface area contributed by atoms with Crippen LogP contribution < -0.4 is 5.73 Å². The lowest BCUT2D eigenvalue weighted by molar-refractivity contribution is -0.126. The fourth-order valence-electron chi connectivity index (χ4n) is 1.79. The van der Waals surface area contributed by atoms with Crippen LogP contribution in [0.1, 0.15) is 32.4 Å². The van der Waals surface area contributed by atoms with Crippen LogP contribution >= 0.6 is 0 Å². The number of hydrogen-bond acceptors (Lipinski definition) is 4. The summed E-state index contributed by atoms with van der Waals surface area (Å²) in [5, 5.41) is 0. The Labute approximate surface area is 177 Å². The molecule has 0 aliphatic carbocycles. The summed E-state index contributed by atoms with van der Waals surface area (Å²) in [5.41, 5.74) is 7.21. The number of amides is 1. The van der Waals surface area contributed by atoms with Crippen molar-refractivity contribution < 1.29 is 22.7 Å². The number of hydrogen-bond donors (Lipinski definition) is 1. The Morgan fingerprint density at radius 3 is 2.13 bits per heavy atom. The number of likely N-dealkylation sites (N-methyl/N-ethyl adjacent to an activating group) is 1. The van der Waals surface area contributed by atoms with Gasteiger partial charge in [-0.25, -0.2) is 18.2 Å². The number of nitrogens with two attached hydrogens (primary N) is 1. The van der Waals surface area contributed by atoms with Crippen LogP contribution in [0.2, 0.25) is 0 Å². The minimum absolute atomic E-state index is 0.189. The Hall–Kier alpha value is -2.87. The summed E-state index contributed by atoms with van der Waals surface area (Å²) in [6, 6.07) is 5.04. The zero-order valence-corrected chi connectivity index (χ0v) is 18.2. The quantitative estimate of drug-likeness (QED) is 0.681. The first-order valence-electron chi connectivity index (χ1n) is 9.22. The van der Waals surface area contributed by atoms with Crippen LogP contribution in [0.15, 0.2) is 66.2 Å². The largest absolute Gasteiger partial charge is 0.379 e. The number of rotatable bonds is 5. The van der Waals surface area contributed by atoms with Crippen molar-refractivity contribution in [3.05, 3.63) is 72.6 Å². The van der Waals surface area contributed by atoms with Crippen molar-refractivity contribution in [2.45, 2.75) is 33.2 Å². The van der Waals surface area contributed by atoms with Gasteiger partial charge in [0.1, 0.15) is 12.4 Å². The van der Waals surface area contributed by atoms with E-state index in [-0.39, 0.29) is 17.7 Å². The van der Waals surface area contributed by atoms with Crippen LogP contribution in [0.3, 0.4) is 0 Å². The minimum atomic E-state index is -2.32. The monoisotopic (exact) mass is 427 g/mol. The number of guanidine groups is 1. The molecule has 1 aromatic rings. The Kier molecular flexibility index (Phi) is 16.6. The van der Waals surface area contributed by atoms with Crippen LogP contribution in [0.5, 0.6) is 0 Å². The number of aliphatic imine (C=N–C) groups is 1. The van der Waals surface area contributed by atoms with E-state index in [4.69, 9.17) is 5.73 Å². The van der Waals surface area contributed by atoms with Gasteiger partial charge < -0.3 is 10.5 Å². The zero-order chi connectivity index (χ0) is 23.7. The molecule has 1 aliphatic heterocycles. The number of carbonyl (C=O) groups is 1. The Morgan fingerprint density at radius 2 is 1.87 bits per heavy atom. The summed E-state index contributed by atoms with van der Waals surface area (Å²) in [4.78, 5) is 16.9. The van der Waals surface area contributed by atoms with Crippen molar-refractivity contribution in [2.24, 2.45) is 10.7 Å². The highest BCUT2D eigenvalue weighted by atomic mass is 19.3. The summed E-state index contributed by atoms with van der Waals surface area (Å²) in [5.74, 6) is -0.345. The highest BCUT2D eigenvalue weighted by Gasteiger charge is 2.31. The lowest BCUT2D eigenvalue weighted by Crippen LogP contribution is -2.34. The molecule has 5 nitrogen and oxygen atoms in total. The molecule has 0 spiro atoms. The van der Waals surface area contributed by atoms with Crippen molar-refractivity contribution in [2.75, 3.05) is 20.8 Å². The predicted octanol–water partition coefficient (Wildman–Crippen LogP) is 4.88. The molecule has 1 amide bonds. The van der Waals surface area contributed by atoms with Crippen LogP contribution in [-0.4, -0.2) is 44.0 Å². The third-order valence-corrected chi connectivity index (χ3v) is 3.16. The van der Waals surface area contributed by atoms with Gasteiger partial charge in [-0.05, 0) is 24.6 Å². The molecule has 0 bridgehead atoms. The lowest BCUT2D eigenvalue weighted by atomic mass is 10.1. The Morgan fingerprint density at radius 1 is 1.33 bits per heavy atom. The first kappa shape index (κ1) is 29.3. The number of ether oxygens (including phenoxy) is 1. The maximum absolute atomic E-state index is 12.7. The number of benzene rings is 1. The Balaban J connectivity index is 0. The number of allylic oxidation sites excluding steroid dienone is 4. The van der Waals surface area contributed by atoms with Gasteiger partial charge in [-0.15, -0.1) is 0 Å². The van der Waals surface area contributed by atoms with Crippen LogP contribution in [-0.2, 0) is 9.53 Å². The summed E-state index contributed by atoms with van der Waals surface area (Å²) < 4.78 is 38.5. The first-order valence-corrected chi connectivity index (χ1v) is 9.22. The minimum Gasteiger partial charge on any atom is -0.379 e. The molecule has 2 rings (SSSR count). The molecular weight excluding hydrogens is 395 g/mol. The summed E-state index contributed by atoms with van der Waals surface area (Å²) in [6.45, 7) is 12.6. The molecular formula is C22H32F3N3O2. The van der Waals surface area contributed by atoms with Crippen molar-refractivity contribution in [3.8, 4) is 0 Å². The summed E-state index contributed by atoms with van der Waals surface area (Å²) in [7, 11) is 2.80. The topological polar surface area (TPSA) is 67.9 Å². The molecule has 0 aromatic heterocycles. The molecule has 0 saturated carbocycles. The van der Waals surface area contributed by atoms with Gasteiger partial charge in [-0.2, -0.15) is 0 Å². The summed E-state index contributed by atoms with van der Waals surface area (Å²) >= 11 is 0. The number of alkyl halides is 2. The van der Waals surface area contributed by atoms with Gasteiger partial charge in [-0.1, -0.05) is 62.9 Å². The van der Waals surface area contributed by atoms with E-state index in [0.717, 1.165) is 5.57 Å². The molecule has 1 aromatic carbocycles. The zero-order valence-electron chi connectivity index (χ0n) is 18.2. The van der Waals surface area contributed by atoms with E-state index in [9.17, 15) is 18.0 Å². The number of halogens is 3. The number of nitrogens with zero attached hydrogens (tertiary/aromatic N) is 2. The predicted molar refractivity (Wildman–Crippen MR) is 117 cm³/mol. The highest BCUT2D eigenvalue weighted by Crippen LogP contribution is 2.24. The van der Waals surface area contributed by atoms with Gasteiger partial charge in [0.05, 0.1) is 0 Å². The van der Waals surface area contributed by atoms with E-state index in [2.05, 4.69) is 22.9 Å². The van der Waals surface area contributed by atoms with Crippen molar-refractivity contribution in [3.63, 3.8) is 0 Å². The third-order valence-electron chi connectivity index (χ3n) is 3.16. The van der Waals surface area contributed by atoms with E-state index >= 15 is 0 Å². The van der Waals surface area contributed by atoms with Crippen molar-refractivity contribution in [1.29, 1.82) is 0 Å². The molecule has 8 heteroatoms. The number of methoxy groups -OCH3 is 1. The number of carbonyl (C=O) groups excluding carboxylic acids is 1. The molecule has 0 radical (unpaired) electrons. The smallest absolute Gasteiger partial charge is 0.261 e. The second-order valence-corrected chi connectivity index (χ2v) is 5.63. The van der Waals surface area contributed by atoms with Crippen LogP contribution in [0, 0.1) is 5.82 Å². The van der Waals surface area contributed by atoms with Crippen molar-refractivity contribution in [1.82, 2.24) is 4.90 Å². The average molecular weight is 428 g/mol. The fourth-order valence-corrected chi connectivity index (χ4v) is 1.79. The summed E-state index contributed by atoms with van der Waals surface area (Å²) in [6.07, 6.45) is 3.18. The van der Waals surface area contributed by atoms with E-state index in [0.29, 0.717) is 5.56 Å². The molecule has 168 valence electrons. The molecule has 0 unspecified atom stereocenters. The van der Waals surface area contributed by atoms with Gasteiger partial charge in [0.2, 0.25) is 0 Å². The van der Waals surface area contributed by atoms with E-state index < -0.39 is 19.1 Å². The second kappa shape index (κ2) is 17.0. The molecule has 0 fully saturated rings. The van der Waals surface area contributed by atoms with Gasteiger partial charge in [0.25, 0.3) is 12.3 Å². The fraction of sp³-hybridized carbons (Fsp3) is 0.364. The SMILES string of the molecule is C=C/C=C\C(=C)C.CC.CN1C(=O)[C@@H](c2ccc(F)cc2)N=C1N.COCC(F)F. The molecule has 30 heavy (non-hydrogen) atoms. The van der Waals surface area contributed by atoms with Gasteiger partial charge >= 0.3 is 0 Å². The molecule has 1 aliphatic rings. The molecule has 2 N–H and O–H groups in total.